The molecule has 24 heavy (non-hydrogen) atoms. The van der Waals surface area contributed by atoms with Crippen LogP contribution in [0.5, 0.6) is 0 Å². The summed E-state index contributed by atoms with van der Waals surface area (Å²) in [7, 11) is 0. The number of H-pyrrole nitrogens is 1. The molecule has 1 aliphatic carbocycles. The van der Waals surface area contributed by atoms with Crippen molar-refractivity contribution in [1.82, 2.24) is 14.5 Å². The first-order valence-corrected chi connectivity index (χ1v) is 8.52. The third kappa shape index (κ3) is 2.16. The molecule has 0 unspecified atom stereocenters. The summed E-state index contributed by atoms with van der Waals surface area (Å²) >= 11 is 0. The third-order valence-electron chi connectivity index (χ3n) is 4.99. The summed E-state index contributed by atoms with van der Waals surface area (Å²) in [5.74, 6) is 0.801. The number of hydrogen-bond acceptors (Lipinski definition) is 1. The lowest BCUT2D eigenvalue weighted by atomic mass is 10.1. The van der Waals surface area contributed by atoms with Gasteiger partial charge in [-0.25, -0.2) is 4.98 Å². The molecule has 1 N–H and O–H groups in total. The van der Waals surface area contributed by atoms with Crippen LogP contribution in [0.15, 0.2) is 60.9 Å². The van der Waals surface area contributed by atoms with Gasteiger partial charge in [0.2, 0.25) is 0 Å². The molecule has 4 aromatic rings. The minimum Gasteiger partial charge on any atom is -0.345 e. The van der Waals surface area contributed by atoms with E-state index in [-0.39, 0.29) is 0 Å². The molecule has 0 aliphatic heterocycles. The van der Waals surface area contributed by atoms with Crippen LogP contribution in [0.3, 0.4) is 0 Å². The van der Waals surface area contributed by atoms with E-state index in [9.17, 15) is 0 Å². The van der Waals surface area contributed by atoms with Crippen LogP contribution in [0.2, 0.25) is 0 Å². The maximum Gasteiger partial charge on any atom is 0.0931 e. The lowest BCUT2D eigenvalue weighted by Gasteiger charge is -2.13. The molecular weight excluding hydrogens is 294 g/mol. The number of aryl methyl sites for hydroxylation is 1. The maximum absolute atomic E-state index is 4.31. The van der Waals surface area contributed by atoms with Gasteiger partial charge in [0.15, 0.2) is 0 Å². The summed E-state index contributed by atoms with van der Waals surface area (Å²) in [5.41, 5.74) is 8.43. The second kappa shape index (κ2) is 5.10. The second-order valence-corrected chi connectivity index (χ2v) is 6.70. The first kappa shape index (κ1) is 13.6. The standard InChI is InChI=1S/C21H19N3/c1-14-2-11-21(17-7-5-16(6-8-17)15-3-4-15)24(14)18-9-10-19-20(12-18)23-13-22-19/h2,5-13,15H,3-4H2,1H3,(H,22,23). The Balaban J connectivity index is 1.62. The molecule has 0 atom stereocenters. The summed E-state index contributed by atoms with van der Waals surface area (Å²) in [5, 5.41) is 0. The number of hydrogen-bond donors (Lipinski definition) is 1. The van der Waals surface area contributed by atoms with Gasteiger partial charge in [-0.3, -0.25) is 0 Å². The van der Waals surface area contributed by atoms with Gasteiger partial charge in [0, 0.05) is 11.4 Å². The molecular formula is C21H19N3. The molecule has 1 fully saturated rings. The van der Waals surface area contributed by atoms with E-state index in [0.717, 1.165) is 22.6 Å². The third-order valence-corrected chi connectivity index (χ3v) is 4.99. The van der Waals surface area contributed by atoms with E-state index in [1.807, 2.05) is 0 Å². The van der Waals surface area contributed by atoms with E-state index in [0.29, 0.717) is 0 Å². The Labute approximate surface area is 141 Å². The SMILES string of the molecule is Cc1ccc(-c2ccc(C3CC3)cc2)n1-c1ccc2nc[nH]c2c1. The fraction of sp³-hybridized carbons (Fsp3) is 0.190. The topological polar surface area (TPSA) is 33.6 Å². The van der Waals surface area contributed by atoms with Gasteiger partial charge in [-0.1, -0.05) is 24.3 Å². The lowest BCUT2D eigenvalue weighted by Crippen LogP contribution is -1.99. The van der Waals surface area contributed by atoms with Crippen LogP contribution in [-0.2, 0) is 0 Å². The number of imidazole rings is 1. The number of aromatic amines is 1. The summed E-state index contributed by atoms with van der Waals surface area (Å²) in [6.45, 7) is 2.15. The first-order valence-electron chi connectivity index (χ1n) is 8.52. The summed E-state index contributed by atoms with van der Waals surface area (Å²) in [6, 6.07) is 19.9. The van der Waals surface area contributed by atoms with Gasteiger partial charge in [-0.05, 0) is 67.1 Å². The highest BCUT2D eigenvalue weighted by atomic mass is 15.0. The Morgan fingerprint density at radius 1 is 1.00 bits per heavy atom. The van der Waals surface area contributed by atoms with E-state index < -0.39 is 0 Å². The molecule has 2 aromatic heterocycles. The van der Waals surface area contributed by atoms with Crippen molar-refractivity contribution in [2.24, 2.45) is 0 Å². The predicted molar refractivity (Wildman–Crippen MR) is 97.6 cm³/mol. The van der Waals surface area contributed by atoms with Gasteiger partial charge in [-0.15, -0.1) is 0 Å². The van der Waals surface area contributed by atoms with Crippen LogP contribution in [0, 0.1) is 6.92 Å². The van der Waals surface area contributed by atoms with Crippen LogP contribution in [0.1, 0.15) is 30.0 Å². The Bertz CT molecular complexity index is 1020. The molecule has 5 rings (SSSR count). The van der Waals surface area contributed by atoms with Crippen LogP contribution in [0.25, 0.3) is 28.0 Å². The number of nitrogens with one attached hydrogen (secondary N) is 1. The van der Waals surface area contributed by atoms with Gasteiger partial charge in [-0.2, -0.15) is 0 Å². The highest BCUT2D eigenvalue weighted by Gasteiger charge is 2.23. The fourth-order valence-corrected chi connectivity index (χ4v) is 3.51. The van der Waals surface area contributed by atoms with Crippen molar-refractivity contribution in [1.29, 1.82) is 0 Å². The Morgan fingerprint density at radius 3 is 2.62 bits per heavy atom. The number of benzene rings is 2. The zero-order chi connectivity index (χ0) is 16.1. The van der Waals surface area contributed by atoms with Gasteiger partial charge < -0.3 is 9.55 Å². The van der Waals surface area contributed by atoms with Crippen LogP contribution in [0.4, 0.5) is 0 Å². The maximum atomic E-state index is 4.31. The lowest BCUT2D eigenvalue weighted by molar-refractivity contribution is 1.02. The number of rotatable bonds is 3. The van der Waals surface area contributed by atoms with Gasteiger partial charge in [0.05, 0.1) is 23.1 Å². The van der Waals surface area contributed by atoms with Crippen molar-refractivity contribution < 1.29 is 0 Å². The van der Waals surface area contributed by atoms with Gasteiger partial charge in [0.25, 0.3) is 0 Å². The van der Waals surface area contributed by atoms with Gasteiger partial charge >= 0.3 is 0 Å². The van der Waals surface area contributed by atoms with Crippen molar-refractivity contribution >= 4 is 11.0 Å². The Kier molecular flexibility index (Phi) is 2.89. The zero-order valence-corrected chi connectivity index (χ0v) is 13.7. The van der Waals surface area contributed by atoms with Crippen molar-refractivity contribution in [2.75, 3.05) is 0 Å². The Morgan fingerprint density at radius 2 is 1.83 bits per heavy atom. The minimum atomic E-state index is 0.801. The zero-order valence-electron chi connectivity index (χ0n) is 13.7. The van der Waals surface area contributed by atoms with E-state index in [2.05, 4.69) is 76.1 Å². The molecule has 118 valence electrons. The van der Waals surface area contributed by atoms with E-state index in [1.165, 1.54) is 35.4 Å². The van der Waals surface area contributed by atoms with Crippen LogP contribution in [-0.4, -0.2) is 14.5 Å². The monoisotopic (exact) mass is 313 g/mol. The van der Waals surface area contributed by atoms with Crippen LogP contribution < -0.4 is 0 Å². The fourth-order valence-electron chi connectivity index (χ4n) is 3.51. The van der Waals surface area contributed by atoms with Gasteiger partial charge in [0.1, 0.15) is 0 Å². The normalized spacial score (nSPS) is 14.4. The molecule has 2 aromatic carbocycles. The largest absolute Gasteiger partial charge is 0.345 e. The molecule has 1 aliphatic rings. The molecule has 0 spiro atoms. The number of aromatic nitrogens is 3. The van der Waals surface area contributed by atoms with E-state index in [4.69, 9.17) is 0 Å². The highest BCUT2D eigenvalue weighted by Crippen LogP contribution is 2.40. The van der Waals surface area contributed by atoms with Crippen molar-refractivity contribution in [3.63, 3.8) is 0 Å². The molecule has 0 radical (unpaired) electrons. The van der Waals surface area contributed by atoms with Crippen molar-refractivity contribution in [2.45, 2.75) is 25.7 Å². The smallest absolute Gasteiger partial charge is 0.0931 e. The summed E-state index contributed by atoms with van der Waals surface area (Å²) in [4.78, 5) is 7.51. The quantitative estimate of drug-likeness (QED) is 0.553. The summed E-state index contributed by atoms with van der Waals surface area (Å²) in [6.07, 6.45) is 4.44. The molecule has 1 saturated carbocycles. The highest BCUT2D eigenvalue weighted by molar-refractivity contribution is 5.78. The minimum absolute atomic E-state index is 0.801. The molecule has 0 bridgehead atoms. The molecule has 3 nitrogen and oxygen atoms in total. The van der Waals surface area contributed by atoms with Crippen molar-refractivity contribution in [3.05, 3.63) is 72.2 Å². The molecule has 0 amide bonds. The van der Waals surface area contributed by atoms with Crippen molar-refractivity contribution in [3.8, 4) is 16.9 Å². The van der Waals surface area contributed by atoms with E-state index >= 15 is 0 Å². The molecule has 0 saturated heterocycles. The average molecular weight is 313 g/mol. The Hall–Kier alpha value is -2.81. The summed E-state index contributed by atoms with van der Waals surface area (Å²) < 4.78 is 2.31. The number of fused-ring (bicyclic) bond motifs is 1. The predicted octanol–water partition coefficient (Wildman–Crippen LogP) is 5.21. The van der Waals surface area contributed by atoms with E-state index in [1.54, 1.807) is 6.33 Å². The second-order valence-electron chi connectivity index (χ2n) is 6.70. The number of nitrogens with zero attached hydrogens (tertiary/aromatic N) is 2. The average Bonchev–Trinajstić information content (AvgIpc) is 3.23. The molecule has 3 heteroatoms. The first-order chi connectivity index (χ1) is 11.8. The van der Waals surface area contributed by atoms with Crippen LogP contribution >= 0.6 is 0 Å². The molecule has 2 heterocycles.